The Morgan fingerprint density at radius 2 is 2.19 bits per heavy atom. The lowest BCUT2D eigenvalue weighted by molar-refractivity contribution is 0.413. The second-order valence-corrected chi connectivity index (χ2v) is 8.95. The molecule has 0 heterocycles. The Kier molecular flexibility index (Phi) is 5.57. The SMILES string of the molecule is CCNC1c2cc(OC)ccc2CC1SCCS(C)(=O)=O. The van der Waals surface area contributed by atoms with Gasteiger partial charge in [-0.25, -0.2) is 8.42 Å². The van der Waals surface area contributed by atoms with Gasteiger partial charge >= 0.3 is 0 Å². The molecular weight excluding hydrogens is 306 g/mol. The minimum atomic E-state index is -2.88. The number of sulfone groups is 1. The second-order valence-electron chi connectivity index (χ2n) is 5.34. The molecule has 4 nitrogen and oxygen atoms in total. The predicted octanol–water partition coefficient (Wildman–Crippen LogP) is 2.05. The molecule has 0 radical (unpaired) electrons. The Morgan fingerprint density at radius 1 is 1.43 bits per heavy atom. The number of thioether (sulfide) groups is 1. The van der Waals surface area contributed by atoms with Gasteiger partial charge in [0, 0.05) is 23.3 Å². The quantitative estimate of drug-likeness (QED) is 0.830. The molecule has 2 rings (SSSR count). The second kappa shape index (κ2) is 7.03. The van der Waals surface area contributed by atoms with Crippen LogP contribution in [0.2, 0.25) is 0 Å². The van der Waals surface area contributed by atoms with Crippen molar-refractivity contribution in [3.63, 3.8) is 0 Å². The normalized spacial score (nSPS) is 21.3. The van der Waals surface area contributed by atoms with E-state index >= 15 is 0 Å². The van der Waals surface area contributed by atoms with E-state index in [4.69, 9.17) is 4.74 Å². The van der Waals surface area contributed by atoms with Crippen LogP contribution in [0.15, 0.2) is 18.2 Å². The summed E-state index contributed by atoms with van der Waals surface area (Å²) in [7, 11) is -1.21. The van der Waals surface area contributed by atoms with E-state index < -0.39 is 9.84 Å². The number of hydrogen-bond donors (Lipinski definition) is 1. The zero-order valence-corrected chi connectivity index (χ0v) is 14.4. The lowest BCUT2D eigenvalue weighted by Crippen LogP contribution is -2.27. The summed E-state index contributed by atoms with van der Waals surface area (Å²) in [6, 6.07) is 6.48. The van der Waals surface area contributed by atoms with Crippen LogP contribution in [0, 0.1) is 0 Å². The molecule has 1 aliphatic rings. The molecular formula is C15H23NO3S2. The Morgan fingerprint density at radius 3 is 2.81 bits per heavy atom. The zero-order valence-electron chi connectivity index (χ0n) is 12.8. The first-order valence-electron chi connectivity index (χ1n) is 7.14. The highest BCUT2D eigenvalue weighted by Crippen LogP contribution is 2.40. The minimum absolute atomic E-state index is 0.243. The number of nitrogens with one attached hydrogen (secondary N) is 1. The van der Waals surface area contributed by atoms with E-state index in [0.29, 0.717) is 11.0 Å². The summed E-state index contributed by atoms with van der Waals surface area (Å²) in [6.45, 7) is 2.99. The summed E-state index contributed by atoms with van der Waals surface area (Å²) in [4.78, 5) is 0. The van der Waals surface area contributed by atoms with Crippen molar-refractivity contribution in [2.75, 3.05) is 31.4 Å². The molecule has 118 valence electrons. The first-order chi connectivity index (χ1) is 9.94. The van der Waals surface area contributed by atoms with Crippen LogP contribution in [0.3, 0.4) is 0 Å². The average Bonchev–Trinajstić information content (AvgIpc) is 2.75. The molecule has 1 aliphatic carbocycles. The van der Waals surface area contributed by atoms with Gasteiger partial charge in [0.25, 0.3) is 0 Å². The fourth-order valence-electron chi connectivity index (χ4n) is 2.68. The topological polar surface area (TPSA) is 55.4 Å². The minimum Gasteiger partial charge on any atom is -0.497 e. The van der Waals surface area contributed by atoms with E-state index in [2.05, 4.69) is 24.4 Å². The van der Waals surface area contributed by atoms with Crippen molar-refractivity contribution in [3.8, 4) is 5.75 Å². The van der Waals surface area contributed by atoms with Gasteiger partial charge in [-0.15, -0.1) is 0 Å². The number of benzene rings is 1. The van der Waals surface area contributed by atoms with Gasteiger partial charge in [-0.1, -0.05) is 13.0 Å². The van der Waals surface area contributed by atoms with E-state index in [1.807, 2.05) is 6.07 Å². The highest BCUT2D eigenvalue weighted by molar-refractivity contribution is 8.01. The van der Waals surface area contributed by atoms with Crippen LogP contribution in [0.4, 0.5) is 0 Å². The maximum absolute atomic E-state index is 11.3. The van der Waals surface area contributed by atoms with Crippen LogP contribution in [0.5, 0.6) is 5.75 Å². The Balaban J connectivity index is 2.10. The first-order valence-corrected chi connectivity index (χ1v) is 10.2. The Hall–Kier alpha value is -0.720. The highest BCUT2D eigenvalue weighted by Gasteiger charge is 2.32. The van der Waals surface area contributed by atoms with Gasteiger partial charge in [0.2, 0.25) is 0 Å². The van der Waals surface area contributed by atoms with Crippen molar-refractivity contribution < 1.29 is 13.2 Å². The van der Waals surface area contributed by atoms with Gasteiger partial charge in [0.1, 0.15) is 15.6 Å². The maximum atomic E-state index is 11.3. The zero-order chi connectivity index (χ0) is 15.5. The van der Waals surface area contributed by atoms with Crippen molar-refractivity contribution in [1.82, 2.24) is 5.32 Å². The highest BCUT2D eigenvalue weighted by atomic mass is 32.2. The van der Waals surface area contributed by atoms with E-state index in [1.165, 1.54) is 17.4 Å². The summed E-state index contributed by atoms with van der Waals surface area (Å²) >= 11 is 1.75. The molecule has 1 aromatic rings. The number of rotatable bonds is 7. The van der Waals surface area contributed by atoms with Crippen LogP contribution in [0.1, 0.15) is 24.1 Å². The average molecular weight is 329 g/mol. The molecule has 0 spiro atoms. The summed E-state index contributed by atoms with van der Waals surface area (Å²) in [5, 5.41) is 3.91. The van der Waals surface area contributed by atoms with Crippen LogP contribution in [0.25, 0.3) is 0 Å². The van der Waals surface area contributed by atoms with Crippen molar-refractivity contribution in [2.24, 2.45) is 0 Å². The molecule has 6 heteroatoms. The van der Waals surface area contributed by atoms with Crippen molar-refractivity contribution in [2.45, 2.75) is 24.6 Å². The van der Waals surface area contributed by atoms with Crippen LogP contribution >= 0.6 is 11.8 Å². The summed E-state index contributed by atoms with van der Waals surface area (Å²) in [6.07, 6.45) is 2.27. The lowest BCUT2D eigenvalue weighted by atomic mass is 10.1. The summed E-state index contributed by atoms with van der Waals surface area (Å²) in [5.74, 6) is 1.77. The van der Waals surface area contributed by atoms with Crippen LogP contribution in [-0.4, -0.2) is 45.1 Å². The first kappa shape index (κ1) is 16.6. The Labute approximate surface area is 131 Å². The largest absolute Gasteiger partial charge is 0.497 e. The van der Waals surface area contributed by atoms with E-state index in [9.17, 15) is 8.42 Å². The molecule has 0 fully saturated rings. The van der Waals surface area contributed by atoms with E-state index in [1.54, 1.807) is 18.9 Å². The van der Waals surface area contributed by atoms with E-state index in [-0.39, 0.29) is 11.8 Å². The third-order valence-electron chi connectivity index (χ3n) is 3.69. The molecule has 1 N–H and O–H groups in total. The lowest BCUT2D eigenvalue weighted by Gasteiger charge is -2.21. The van der Waals surface area contributed by atoms with Gasteiger partial charge in [0.15, 0.2) is 0 Å². The molecule has 21 heavy (non-hydrogen) atoms. The molecule has 0 saturated carbocycles. The van der Waals surface area contributed by atoms with Gasteiger partial charge in [0.05, 0.1) is 12.9 Å². The fourth-order valence-corrected chi connectivity index (χ4v) is 5.31. The summed E-state index contributed by atoms with van der Waals surface area (Å²) in [5.41, 5.74) is 2.62. The standard InChI is InChI=1S/C15H23NO3S2/c1-4-16-15-13-10-12(19-2)6-5-11(13)9-14(15)20-7-8-21(3,17)18/h5-6,10,14-16H,4,7-9H2,1-3H3. The van der Waals surface area contributed by atoms with Crippen molar-refractivity contribution >= 4 is 21.6 Å². The molecule has 0 amide bonds. The maximum Gasteiger partial charge on any atom is 0.148 e. The van der Waals surface area contributed by atoms with Crippen molar-refractivity contribution in [1.29, 1.82) is 0 Å². The monoisotopic (exact) mass is 329 g/mol. The van der Waals surface area contributed by atoms with Crippen LogP contribution < -0.4 is 10.1 Å². The predicted molar refractivity (Wildman–Crippen MR) is 89.1 cm³/mol. The fraction of sp³-hybridized carbons (Fsp3) is 0.600. The number of fused-ring (bicyclic) bond motifs is 1. The smallest absolute Gasteiger partial charge is 0.148 e. The molecule has 2 atom stereocenters. The van der Waals surface area contributed by atoms with Crippen LogP contribution in [-0.2, 0) is 16.3 Å². The molecule has 0 aromatic heterocycles. The van der Waals surface area contributed by atoms with Gasteiger partial charge in [-0.05, 0) is 36.2 Å². The third kappa shape index (κ3) is 4.37. The molecule has 0 aliphatic heterocycles. The van der Waals surface area contributed by atoms with Gasteiger partial charge in [-0.2, -0.15) is 11.8 Å². The molecule has 1 aromatic carbocycles. The van der Waals surface area contributed by atoms with E-state index in [0.717, 1.165) is 18.7 Å². The van der Waals surface area contributed by atoms with Crippen molar-refractivity contribution in [3.05, 3.63) is 29.3 Å². The molecule has 0 saturated heterocycles. The molecule has 2 unspecified atom stereocenters. The number of hydrogen-bond acceptors (Lipinski definition) is 5. The number of ether oxygens (including phenoxy) is 1. The summed E-state index contributed by atoms with van der Waals surface area (Å²) < 4.78 is 27.9. The molecule has 0 bridgehead atoms. The Bertz CT molecular complexity index is 587. The number of methoxy groups -OCH3 is 1. The van der Waals surface area contributed by atoms with Gasteiger partial charge < -0.3 is 10.1 Å². The van der Waals surface area contributed by atoms with Gasteiger partial charge in [-0.3, -0.25) is 0 Å². The third-order valence-corrected chi connectivity index (χ3v) is 6.20.